The summed E-state index contributed by atoms with van der Waals surface area (Å²) in [6, 6.07) is 12.5. The molecule has 43 heavy (non-hydrogen) atoms. The number of hydrogen-bond acceptors (Lipinski definition) is 10. The van der Waals surface area contributed by atoms with Crippen LogP contribution in [0.5, 0.6) is 0 Å². The molecule has 0 fully saturated rings. The van der Waals surface area contributed by atoms with E-state index >= 15 is 0 Å². The van der Waals surface area contributed by atoms with Crippen molar-refractivity contribution in [1.82, 2.24) is 19.5 Å². The molecule has 0 aliphatic carbocycles. The Kier molecular flexibility index (Phi) is 9.65. The number of nitrogens with zero attached hydrogens (tertiary/aromatic N) is 11. The Morgan fingerprint density at radius 3 is 1.58 bits per heavy atom. The van der Waals surface area contributed by atoms with Crippen LogP contribution in [0.15, 0.2) is 81.6 Å². The third-order valence-corrected chi connectivity index (χ3v) is 7.88. The highest BCUT2D eigenvalue weighted by molar-refractivity contribution is 5.77. The first-order valence-electron chi connectivity index (χ1n) is 15.1. The predicted octanol–water partition coefficient (Wildman–Crippen LogP) is 6.99. The topological polar surface area (TPSA) is 109 Å². The number of benzene rings is 2. The zero-order valence-electron chi connectivity index (χ0n) is 25.8. The van der Waals surface area contributed by atoms with Gasteiger partial charge in [-0.3, -0.25) is 0 Å². The lowest BCUT2D eigenvalue weighted by Crippen LogP contribution is -2.40. The maximum Gasteiger partial charge on any atom is 0.249 e. The van der Waals surface area contributed by atoms with Crippen molar-refractivity contribution < 1.29 is 0 Å². The second kappa shape index (κ2) is 14.0. The van der Waals surface area contributed by atoms with Gasteiger partial charge in [-0.15, -0.1) is 20.5 Å². The van der Waals surface area contributed by atoms with Gasteiger partial charge in [0.05, 0.1) is 34.1 Å². The lowest BCUT2D eigenvalue weighted by atomic mass is 10.1. The summed E-state index contributed by atoms with van der Waals surface area (Å²) in [5.74, 6) is 1.13. The number of fused-ring (bicyclic) bond motifs is 2. The highest BCUT2D eigenvalue weighted by atomic mass is 15.3. The number of aryl methyl sites for hydroxylation is 1. The molecule has 2 aliphatic rings. The first-order valence-corrected chi connectivity index (χ1v) is 15.1. The zero-order valence-corrected chi connectivity index (χ0v) is 25.8. The van der Waals surface area contributed by atoms with Crippen LogP contribution >= 0.6 is 0 Å². The first kappa shape index (κ1) is 29.7. The van der Waals surface area contributed by atoms with E-state index in [1.165, 1.54) is 22.7 Å². The van der Waals surface area contributed by atoms with Gasteiger partial charge < -0.3 is 29.2 Å². The van der Waals surface area contributed by atoms with Crippen LogP contribution in [0.2, 0.25) is 0 Å². The number of aromatic amines is 1. The fourth-order valence-corrected chi connectivity index (χ4v) is 5.44. The minimum absolute atomic E-state index is 0.523. The predicted molar refractivity (Wildman–Crippen MR) is 175 cm³/mol. The molecule has 0 saturated heterocycles. The highest BCUT2D eigenvalue weighted by Crippen LogP contribution is 2.37. The molecule has 1 N–H and O–H groups in total. The maximum absolute atomic E-state index is 4.33. The molecule has 2 aromatic heterocycles. The molecule has 4 aromatic rings. The molecule has 0 radical (unpaired) electrons. The van der Waals surface area contributed by atoms with Gasteiger partial charge in [-0.25, -0.2) is 9.97 Å². The Morgan fingerprint density at radius 2 is 1.14 bits per heavy atom. The summed E-state index contributed by atoms with van der Waals surface area (Å²) in [6.45, 7) is 17.1. The third kappa shape index (κ3) is 6.85. The van der Waals surface area contributed by atoms with E-state index in [1.54, 1.807) is 18.6 Å². The maximum atomic E-state index is 4.33. The second-order valence-corrected chi connectivity index (χ2v) is 10.3. The highest BCUT2D eigenvalue weighted by Gasteiger charge is 2.22. The Balaban J connectivity index is 0.000000171. The molecule has 0 saturated carbocycles. The van der Waals surface area contributed by atoms with Crippen molar-refractivity contribution in [2.75, 3.05) is 72.0 Å². The van der Waals surface area contributed by atoms with Gasteiger partial charge in [0, 0.05) is 84.2 Å². The molecule has 12 nitrogen and oxygen atoms in total. The van der Waals surface area contributed by atoms with Crippen molar-refractivity contribution in [3.63, 3.8) is 0 Å². The Bertz CT molecular complexity index is 1520. The molecular formula is C31H42N12. The van der Waals surface area contributed by atoms with E-state index in [1.807, 2.05) is 29.9 Å². The van der Waals surface area contributed by atoms with Crippen molar-refractivity contribution in [3.05, 3.63) is 61.2 Å². The van der Waals surface area contributed by atoms with Gasteiger partial charge in [0.1, 0.15) is 0 Å². The average molecular weight is 583 g/mol. The largest absolute Gasteiger partial charge is 0.368 e. The minimum Gasteiger partial charge on any atom is -0.368 e. The van der Waals surface area contributed by atoms with E-state index in [4.69, 9.17) is 0 Å². The van der Waals surface area contributed by atoms with Gasteiger partial charge in [-0.1, -0.05) is 0 Å². The van der Waals surface area contributed by atoms with Gasteiger partial charge in [0.25, 0.3) is 0 Å². The summed E-state index contributed by atoms with van der Waals surface area (Å²) >= 11 is 0. The van der Waals surface area contributed by atoms with Crippen molar-refractivity contribution >= 4 is 46.0 Å². The van der Waals surface area contributed by atoms with Crippen molar-refractivity contribution in [2.24, 2.45) is 27.5 Å². The molecule has 12 heteroatoms. The van der Waals surface area contributed by atoms with Crippen molar-refractivity contribution in [1.29, 1.82) is 0 Å². The van der Waals surface area contributed by atoms with Crippen LogP contribution in [0.25, 0.3) is 0 Å². The molecule has 4 heterocycles. The van der Waals surface area contributed by atoms with Gasteiger partial charge in [0.15, 0.2) is 0 Å². The molecular weight excluding hydrogens is 540 g/mol. The summed E-state index contributed by atoms with van der Waals surface area (Å²) in [5, 5.41) is 16.9. The van der Waals surface area contributed by atoms with Crippen molar-refractivity contribution in [3.8, 4) is 0 Å². The fourth-order valence-electron chi connectivity index (χ4n) is 5.44. The monoisotopic (exact) mass is 582 g/mol. The lowest BCUT2D eigenvalue weighted by molar-refractivity contribution is 0.723. The summed E-state index contributed by atoms with van der Waals surface area (Å²) in [5.41, 5.74) is 6.75. The summed E-state index contributed by atoms with van der Waals surface area (Å²) in [6.07, 6.45) is 6.98. The molecule has 0 amide bonds. The Labute approximate surface area is 253 Å². The van der Waals surface area contributed by atoms with Gasteiger partial charge in [-0.05, 0) is 64.1 Å². The fraction of sp³-hybridized carbons (Fsp3) is 0.419. The number of likely N-dealkylation sites (N-methyl/N-ethyl adjacent to an activating group) is 4. The van der Waals surface area contributed by atoms with Crippen LogP contribution in [0.3, 0.4) is 0 Å². The number of aromatic nitrogens is 4. The number of rotatable bonds is 8. The van der Waals surface area contributed by atoms with Crippen LogP contribution in [-0.2, 0) is 7.05 Å². The zero-order chi connectivity index (χ0) is 30.2. The lowest BCUT2D eigenvalue weighted by Gasteiger charge is -2.38. The number of hydrogen-bond donors (Lipinski definition) is 1. The van der Waals surface area contributed by atoms with E-state index in [9.17, 15) is 0 Å². The van der Waals surface area contributed by atoms with Gasteiger partial charge in [-0.2, -0.15) is 0 Å². The second-order valence-electron chi connectivity index (χ2n) is 10.3. The molecule has 2 aromatic carbocycles. The van der Waals surface area contributed by atoms with E-state index in [0.717, 1.165) is 63.7 Å². The minimum atomic E-state index is 0.523. The van der Waals surface area contributed by atoms with Crippen LogP contribution < -0.4 is 19.6 Å². The quantitative estimate of drug-likeness (QED) is 0.224. The summed E-state index contributed by atoms with van der Waals surface area (Å²) < 4.78 is 1.85. The normalized spacial score (nSPS) is 14.7. The number of H-pyrrole nitrogens is 1. The third-order valence-electron chi connectivity index (χ3n) is 7.88. The SMILES string of the molecule is CCN1CCN(CC)c2cc(N=Nc3ncc[nH]3)ccc21.CCN1CCN(CC)c2cc(N=Nc3nccn3C)ccc21. The van der Waals surface area contributed by atoms with E-state index < -0.39 is 0 Å². The van der Waals surface area contributed by atoms with Gasteiger partial charge in [0.2, 0.25) is 11.9 Å². The Hall–Kier alpha value is -4.74. The standard InChI is InChI=1S/C16H22N6.C15H20N6/c1-4-21-10-11-22(5-2)15-12-13(6-7-14(15)21)18-19-16-17-8-9-20(16)3;1-3-20-9-10-21(4-2)14-11-12(5-6-13(14)20)18-19-15-16-7-8-17-15/h6-9,12H,4-5,10-11H2,1-3H3;5-8,11H,3-4,9-10H2,1-2H3,(H,16,17). The van der Waals surface area contributed by atoms with Crippen LogP contribution in [0, 0.1) is 0 Å². The van der Waals surface area contributed by atoms with E-state index in [2.05, 4.69) is 107 Å². The van der Waals surface area contributed by atoms with Crippen LogP contribution in [-0.4, -0.2) is 71.9 Å². The molecule has 0 unspecified atom stereocenters. The number of nitrogens with one attached hydrogen (secondary N) is 1. The number of anilines is 4. The number of imidazole rings is 2. The van der Waals surface area contributed by atoms with E-state index in [-0.39, 0.29) is 0 Å². The molecule has 0 atom stereocenters. The summed E-state index contributed by atoms with van der Waals surface area (Å²) in [4.78, 5) is 20.7. The summed E-state index contributed by atoms with van der Waals surface area (Å²) in [7, 11) is 1.91. The molecule has 0 spiro atoms. The molecule has 2 aliphatic heterocycles. The smallest absolute Gasteiger partial charge is 0.249 e. The van der Waals surface area contributed by atoms with Crippen LogP contribution in [0.4, 0.5) is 46.0 Å². The molecule has 0 bridgehead atoms. The van der Waals surface area contributed by atoms with Gasteiger partial charge >= 0.3 is 0 Å². The average Bonchev–Trinajstić information content (AvgIpc) is 3.73. The number of azo groups is 2. The van der Waals surface area contributed by atoms with Crippen molar-refractivity contribution in [2.45, 2.75) is 27.7 Å². The van der Waals surface area contributed by atoms with Crippen LogP contribution in [0.1, 0.15) is 27.7 Å². The van der Waals surface area contributed by atoms with E-state index in [0.29, 0.717) is 11.9 Å². The molecule has 226 valence electrons. The Morgan fingerprint density at radius 1 is 0.628 bits per heavy atom. The molecule has 6 rings (SSSR count). The first-order chi connectivity index (χ1) is 21.0.